The van der Waals surface area contributed by atoms with Gasteiger partial charge in [-0.05, 0) is 54.1 Å². The van der Waals surface area contributed by atoms with Crippen LogP contribution >= 0.6 is 23.4 Å². The van der Waals surface area contributed by atoms with Crippen molar-refractivity contribution < 1.29 is 14.3 Å². The Labute approximate surface area is 201 Å². The van der Waals surface area contributed by atoms with Crippen LogP contribution < -0.4 is 10.1 Å². The van der Waals surface area contributed by atoms with Crippen LogP contribution in [0.1, 0.15) is 12.0 Å². The van der Waals surface area contributed by atoms with E-state index in [-0.39, 0.29) is 18.2 Å². The predicted octanol–water partition coefficient (Wildman–Crippen LogP) is 5.51. The zero-order chi connectivity index (χ0) is 23.2. The van der Waals surface area contributed by atoms with Gasteiger partial charge in [0.1, 0.15) is 11.0 Å². The summed E-state index contributed by atoms with van der Waals surface area (Å²) < 4.78 is 5.20. The highest BCUT2D eigenvalue weighted by atomic mass is 35.5. The number of carbonyl (C=O) groups excluding carboxylic acids is 2. The smallest absolute Gasteiger partial charge is 0.242 e. The summed E-state index contributed by atoms with van der Waals surface area (Å²) in [7, 11) is 1.60. The van der Waals surface area contributed by atoms with E-state index in [9.17, 15) is 9.59 Å². The van der Waals surface area contributed by atoms with Gasteiger partial charge in [0, 0.05) is 17.1 Å². The molecule has 0 aromatic heterocycles. The molecule has 2 amide bonds. The summed E-state index contributed by atoms with van der Waals surface area (Å²) in [5, 5.41) is 3.42. The number of halogens is 1. The molecule has 0 radical (unpaired) electrons. The van der Waals surface area contributed by atoms with Gasteiger partial charge in [-0.25, -0.2) is 4.99 Å². The normalized spacial score (nSPS) is 16.8. The minimum absolute atomic E-state index is 0.0407. The SMILES string of the molecule is COc1ccc(N=C2S[C@H](CC(=O)Nc3ccc(Cl)cc3)C(=O)N2Cc2ccccc2)cc1. The fraction of sp³-hybridized carbons (Fsp3) is 0.160. The van der Waals surface area contributed by atoms with E-state index in [4.69, 9.17) is 21.3 Å². The average molecular weight is 480 g/mol. The van der Waals surface area contributed by atoms with Crippen LogP contribution in [0.2, 0.25) is 5.02 Å². The van der Waals surface area contributed by atoms with Gasteiger partial charge in [0.05, 0.1) is 19.3 Å². The number of thioether (sulfide) groups is 1. The van der Waals surface area contributed by atoms with Gasteiger partial charge < -0.3 is 10.1 Å². The number of hydrogen-bond acceptors (Lipinski definition) is 5. The molecule has 6 nitrogen and oxygen atoms in total. The fourth-order valence-corrected chi connectivity index (χ4v) is 4.60. The number of rotatable bonds is 7. The van der Waals surface area contributed by atoms with Crippen LogP contribution in [-0.4, -0.2) is 34.2 Å². The molecule has 3 aromatic carbocycles. The summed E-state index contributed by atoms with van der Waals surface area (Å²) in [5.41, 5.74) is 2.32. The number of hydrogen-bond donors (Lipinski definition) is 1. The molecule has 0 aliphatic carbocycles. The zero-order valence-corrected chi connectivity index (χ0v) is 19.5. The molecular formula is C25H22ClN3O3S. The maximum absolute atomic E-state index is 13.3. The van der Waals surface area contributed by atoms with Gasteiger partial charge in [0.25, 0.3) is 0 Å². The Morgan fingerprint density at radius 2 is 1.76 bits per heavy atom. The molecule has 1 heterocycles. The lowest BCUT2D eigenvalue weighted by Gasteiger charge is -2.16. The predicted molar refractivity (Wildman–Crippen MR) is 133 cm³/mol. The third kappa shape index (κ3) is 5.94. The lowest BCUT2D eigenvalue weighted by molar-refractivity contribution is -0.128. The minimum atomic E-state index is -0.557. The number of aliphatic imine (C=N–C) groups is 1. The Kier molecular flexibility index (Phi) is 7.32. The molecule has 1 atom stereocenters. The van der Waals surface area contributed by atoms with Crippen molar-refractivity contribution in [1.82, 2.24) is 4.90 Å². The number of amides is 2. The molecular weight excluding hydrogens is 458 g/mol. The number of carbonyl (C=O) groups is 2. The highest BCUT2D eigenvalue weighted by Crippen LogP contribution is 2.33. The van der Waals surface area contributed by atoms with E-state index in [2.05, 4.69) is 5.32 Å². The minimum Gasteiger partial charge on any atom is -0.497 e. The second-order valence-electron chi connectivity index (χ2n) is 7.37. The lowest BCUT2D eigenvalue weighted by atomic mass is 10.2. The van der Waals surface area contributed by atoms with Crippen molar-refractivity contribution in [2.45, 2.75) is 18.2 Å². The van der Waals surface area contributed by atoms with E-state index in [0.29, 0.717) is 28.1 Å². The van der Waals surface area contributed by atoms with Crippen molar-refractivity contribution in [2.24, 2.45) is 4.99 Å². The molecule has 3 aromatic rings. The third-order valence-electron chi connectivity index (χ3n) is 5.00. The standard InChI is InChI=1S/C25H22ClN3O3S/c1-32-21-13-11-20(12-14-21)28-25-29(16-17-5-3-2-4-6-17)24(31)22(33-25)15-23(30)27-19-9-7-18(26)8-10-19/h2-14,22H,15-16H2,1H3,(H,27,30)/t22-/m1/s1. The van der Waals surface area contributed by atoms with E-state index in [1.165, 1.54) is 11.8 Å². The Bertz CT molecular complexity index is 1150. The van der Waals surface area contributed by atoms with Gasteiger partial charge in [-0.1, -0.05) is 53.7 Å². The highest BCUT2D eigenvalue weighted by Gasteiger charge is 2.39. The molecule has 0 saturated carbocycles. The molecule has 4 rings (SSSR count). The summed E-state index contributed by atoms with van der Waals surface area (Å²) in [6, 6.07) is 23.9. The molecule has 1 aliphatic rings. The van der Waals surface area contributed by atoms with Crippen molar-refractivity contribution in [3.8, 4) is 5.75 Å². The second kappa shape index (κ2) is 10.6. The molecule has 1 N–H and O–H groups in total. The first-order valence-electron chi connectivity index (χ1n) is 10.3. The van der Waals surface area contributed by atoms with Crippen molar-refractivity contribution >= 4 is 51.7 Å². The fourth-order valence-electron chi connectivity index (χ4n) is 3.32. The van der Waals surface area contributed by atoms with E-state index in [1.54, 1.807) is 36.3 Å². The number of benzene rings is 3. The first-order chi connectivity index (χ1) is 16.0. The first kappa shape index (κ1) is 22.9. The van der Waals surface area contributed by atoms with Crippen molar-refractivity contribution in [3.63, 3.8) is 0 Å². The molecule has 1 fully saturated rings. The molecule has 1 aliphatic heterocycles. The molecule has 0 bridgehead atoms. The average Bonchev–Trinajstić information content (AvgIpc) is 3.10. The van der Waals surface area contributed by atoms with E-state index < -0.39 is 5.25 Å². The zero-order valence-electron chi connectivity index (χ0n) is 17.9. The van der Waals surface area contributed by atoms with Gasteiger partial charge in [0.2, 0.25) is 11.8 Å². The van der Waals surface area contributed by atoms with Gasteiger partial charge in [0.15, 0.2) is 5.17 Å². The monoisotopic (exact) mass is 479 g/mol. The van der Waals surface area contributed by atoms with Crippen molar-refractivity contribution in [2.75, 3.05) is 12.4 Å². The number of nitrogens with one attached hydrogen (secondary N) is 1. The molecule has 168 valence electrons. The number of methoxy groups -OCH3 is 1. The Hall–Kier alpha value is -3.29. The second-order valence-corrected chi connectivity index (χ2v) is 8.97. The Morgan fingerprint density at radius 3 is 2.42 bits per heavy atom. The van der Waals surface area contributed by atoms with Crippen LogP contribution in [0.15, 0.2) is 83.9 Å². The number of anilines is 1. The lowest BCUT2D eigenvalue weighted by Crippen LogP contribution is -2.33. The number of nitrogens with zero attached hydrogens (tertiary/aromatic N) is 2. The van der Waals surface area contributed by atoms with Crippen LogP contribution in [0.5, 0.6) is 5.75 Å². The highest BCUT2D eigenvalue weighted by molar-refractivity contribution is 8.15. The van der Waals surface area contributed by atoms with E-state index in [0.717, 1.165) is 11.3 Å². The van der Waals surface area contributed by atoms with Gasteiger partial charge in [-0.15, -0.1) is 0 Å². The third-order valence-corrected chi connectivity index (χ3v) is 6.43. The topological polar surface area (TPSA) is 71.0 Å². The summed E-state index contributed by atoms with van der Waals surface area (Å²) in [6.45, 7) is 0.386. The van der Waals surface area contributed by atoms with Crippen molar-refractivity contribution in [1.29, 1.82) is 0 Å². The molecule has 0 unspecified atom stereocenters. The number of ether oxygens (including phenoxy) is 1. The number of amidine groups is 1. The van der Waals surface area contributed by atoms with E-state index >= 15 is 0 Å². The van der Waals surface area contributed by atoms with Crippen molar-refractivity contribution in [3.05, 3.63) is 89.4 Å². The van der Waals surface area contributed by atoms with E-state index in [1.807, 2.05) is 54.6 Å². The maximum atomic E-state index is 13.3. The van der Waals surface area contributed by atoms with Crippen LogP contribution in [-0.2, 0) is 16.1 Å². The molecule has 1 saturated heterocycles. The first-order valence-corrected chi connectivity index (χ1v) is 11.6. The van der Waals surface area contributed by atoms with Crippen LogP contribution in [0, 0.1) is 0 Å². The van der Waals surface area contributed by atoms with Crippen LogP contribution in [0.4, 0.5) is 11.4 Å². The van der Waals surface area contributed by atoms with Crippen LogP contribution in [0.25, 0.3) is 0 Å². The Balaban J connectivity index is 1.53. The molecule has 33 heavy (non-hydrogen) atoms. The Morgan fingerprint density at radius 1 is 1.06 bits per heavy atom. The van der Waals surface area contributed by atoms with Gasteiger partial charge in [-0.3, -0.25) is 14.5 Å². The summed E-state index contributed by atoms with van der Waals surface area (Å²) in [4.78, 5) is 32.2. The van der Waals surface area contributed by atoms with Crippen LogP contribution in [0.3, 0.4) is 0 Å². The summed E-state index contributed by atoms with van der Waals surface area (Å²) in [5.74, 6) is 0.350. The summed E-state index contributed by atoms with van der Waals surface area (Å²) >= 11 is 7.21. The largest absolute Gasteiger partial charge is 0.497 e. The van der Waals surface area contributed by atoms with Gasteiger partial charge in [-0.2, -0.15) is 0 Å². The van der Waals surface area contributed by atoms with Gasteiger partial charge >= 0.3 is 0 Å². The molecule has 8 heteroatoms. The molecule has 0 spiro atoms. The maximum Gasteiger partial charge on any atom is 0.242 e. The quantitative estimate of drug-likeness (QED) is 0.485. The summed E-state index contributed by atoms with van der Waals surface area (Å²) in [6.07, 6.45) is 0.0407.